The van der Waals surface area contributed by atoms with Crippen LogP contribution in [0, 0.1) is 30.2 Å². The van der Waals surface area contributed by atoms with Gasteiger partial charge in [-0.25, -0.2) is 51.2 Å². The quantitative estimate of drug-likeness (QED) is 0.0579. The number of anilines is 2. The highest BCUT2D eigenvalue weighted by molar-refractivity contribution is 8.05. The van der Waals surface area contributed by atoms with Crippen molar-refractivity contribution in [2.75, 3.05) is 10.6 Å². The lowest BCUT2D eigenvalue weighted by Gasteiger charge is -2.27. The molecule has 0 aliphatic carbocycles. The molecule has 5 N–H and O–H groups in total. The Bertz CT molecular complexity index is 2830. The molecular weight excluding hydrogens is 969 g/mol. The summed E-state index contributed by atoms with van der Waals surface area (Å²) in [6, 6.07) is -3.98. The Morgan fingerprint density at radius 2 is 0.803 bits per heavy atom. The van der Waals surface area contributed by atoms with E-state index in [-0.39, 0.29) is 42.0 Å². The van der Waals surface area contributed by atoms with Gasteiger partial charge in [0.25, 0.3) is 50.2 Å². The summed E-state index contributed by atoms with van der Waals surface area (Å²) in [5.41, 5.74) is -2.53. The summed E-state index contributed by atoms with van der Waals surface area (Å²) < 4.78 is 292. The van der Waals surface area contributed by atoms with Gasteiger partial charge in [-0.3, -0.25) is 4.55 Å². The molecule has 4 rings (SSSR count). The van der Waals surface area contributed by atoms with E-state index < -0.39 is 122 Å². The van der Waals surface area contributed by atoms with Gasteiger partial charge in [0.2, 0.25) is 0 Å². The molecule has 0 heterocycles. The normalized spacial score (nSPS) is 13.5. The van der Waals surface area contributed by atoms with Gasteiger partial charge in [0.05, 0.1) is 14.7 Å². The number of alkyl halides is 8. The molecule has 0 fully saturated rings. The fourth-order valence-corrected chi connectivity index (χ4v) is 10.6. The van der Waals surface area contributed by atoms with Gasteiger partial charge < -0.3 is 10.6 Å². The Labute approximate surface area is 336 Å². The van der Waals surface area contributed by atoms with E-state index >= 15 is 0 Å². The lowest BCUT2D eigenvalue weighted by molar-refractivity contribution is -0.136. The molecule has 0 atom stereocenters. The number of benzene rings is 4. The molecular formula is C29H22F12N4O11S5. The van der Waals surface area contributed by atoms with Crippen LogP contribution in [-0.2, 0) is 50.2 Å². The van der Waals surface area contributed by atoms with Crippen molar-refractivity contribution in [2.45, 2.75) is 44.2 Å². The number of hydrogen-bond donors (Lipinski definition) is 5. The highest BCUT2D eigenvalue weighted by Gasteiger charge is 2.68. The zero-order valence-electron chi connectivity index (χ0n) is 29.2. The van der Waals surface area contributed by atoms with E-state index in [1.807, 2.05) is 0 Å². The molecule has 0 amide bonds. The summed E-state index contributed by atoms with van der Waals surface area (Å²) in [7, 11) is -28.7. The predicted molar refractivity (Wildman–Crippen MR) is 186 cm³/mol. The minimum Gasteiger partial charge on any atom is -0.321 e. The molecule has 15 nitrogen and oxygen atoms in total. The van der Waals surface area contributed by atoms with E-state index in [1.165, 1.54) is 19.1 Å². The summed E-state index contributed by atoms with van der Waals surface area (Å²) >= 11 is 0. The minimum absolute atomic E-state index is 0.0429. The highest BCUT2D eigenvalue weighted by Crippen LogP contribution is 2.41. The Balaban J connectivity index is 0.000000327. The van der Waals surface area contributed by atoms with Gasteiger partial charge in [-0.1, -0.05) is 26.5 Å². The van der Waals surface area contributed by atoms with Gasteiger partial charge in [-0.2, -0.15) is 43.5 Å². The van der Waals surface area contributed by atoms with E-state index in [0.717, 1.165) is 12.1 Å². The van der Waals surface area contributed by atoms with E-state index in [0.29, 0.717) is 43.2 Å². The summed E-state index contributed by atoms with van der Waals surface area (Å²) in [6.07, 6.45) is 0. The molecule has 0 aliphatic rings. The van der Waals surface area contributed by atoms with E-state index in [2.05, 4.69) is 0 Å². The third-order valence-corrected chi connectivity index (χ3v) is 15.2. The fraction of sp³-hybridized carbons (Fsp3) is 0.172. The molecule has 0 spiro atoms. The second kappa shape index (κ2) is 17.2. The maximum absolute atomic E-state index is 14.1. The number of hydrogen-bond acceptors (Lipinski definition) is 12. The lowest BCUT2D eigenvalue weighted by atomic mass is 10.2. The van der Waals surface area contributed by atoms with Crippen molar-refractivity contribution < 1.29 is 99.3 Å². The molecule has 32 heteroatoms. The van der Waals surface area contributed by atoms with Crippen molar-refractivity contribution in [1.29, 1.82) is 0 Å². The van der Waals surface area contributed by atoms with Crippen LogP contribution in [0.25, 0.3) is 0 Å². The maximum Gasteiger partial charge on any atom is 0.442 e. The second-order valence-electron chi connectivity index (χ2n) is 11.6. The van der Waals surface area contributed by atoms with Crippen LogP contribution in [0.15, 0.2) is 99.6 Å². The summed E-state index contributed by atoms with van der Waals surface area (Å²) in [6.45, 7) is 1.22. The van der Waals surface area contributed by atoms with E-state index in [4.69, 9.17) is 4.55 Å². The van der Waals surface area contributed by atoms with Gasteiger partial charge >= 0.3 is 22.6 Å². The van der Waals surface area contributed by atoms with E-state index in [1.54, 1.807) is 0 Å². The average Bonchev–Trinajstić information content (AvgIpc) is 3.06. The van der Waals surface area contributed by atoms with Crippen LogP contribution >= 0.6 is 0 Å². The SMILES string of the molecule is Cc1ccccc1S(=O)(=O)NS(=O)(=O)C(F)(F)C(F)(F)Nc1cc(F)cc(F)c1.O=S(=O)(O)c1ccc(S(=O)(=O)NS(=O)(=O)C(F)(F)C(F)(F)Nc2cc(F)cc(F)c2)cc1. The smallest absolute Gasteiger partial charge is 0.321 e. The first-order valence-electron chi connectivity index (χ1n) is 15.1. The first-order chi connectivity index (χ1) is 27.4. The van der Waals surface area contributed by atoms with Crippen LogP contribution < -0.4 is 18.9 Å². The predicted octanol–water partition coefficient (Wildman–Crippen LogP) is 5.30. The Morgan fingerprint density at radius 1 is 0.475 bits per heavy atom. The molecule has 338 valence electrons. The summed E-state index contributed by atoms with van der Waals surface area (Å²) in [5, 5.41) is -10.9. The molecule has 0 aliphatic heterocycles. The number of halogens is 12. The van der Waals surface area contributed by atoms with Crippen molar-refractivity contribution in [1.82, 2.24) is 8.25 Å². The molecule has 4 aromatic rings. The van der Waals surface area contributed by atoms with Crippen molar-refractivity contribution in [3.8, 4) is 0 Å². The Kier molecular flexibility index (Phi) is 14.3. The molecule has 61 heavy (non-hydrogen) atoms. The first-order valence-corrected chi connectivity index (χ1v) is 22.4. The number of rotatable bonds is 15. The number of aryl methyl sites for hydroxylation is 1. The van der Waals surface area contributed by atoms with E-state index in [9.17, 15) is 94.8 Å². The Morgan fingerprint density at radius 3 is 1.15 bits per heavy atom. The van der Waals surface area contributed by atoms with Gasteiger partial charge in [-0.15, -0.1) is 0 Å². The van der Waals surface area contributed by atoms with Crippen LogP contribution in [0.3, 0.4) is 0 Å². The standard InChI is InChI=1S/C15H12F6N2O4S2.C14H10F6N2O7S3/c1-9-4-2-3-5-13(9)28(24,25)23-29(26,27)15(20,21)14(18,19)22-12-7-10(16)6-11(17)8-12;15-8-5-9(16)7-10(6-8)21-13(17,18)14(19,20)32(28,29)22-30(23,24)11-1-3-12(4-2-11)31(25,26)27/h2-8,22-23H,1H3;1-7,21-22H,(H,25,26,27). The number of sulfonamides is 4. The molecule has 0 radical (unpaired) electrons. The van der Waals surface area contributed by atoms with Crippen LogP contribution in [0.4, 0.5) is 64.1 Å². The third kappa shape index (κ3) is 11.6. The first kappa shape index (κ1) is 50.6. The van der Waals surface area contributed by atoms with Crippen LogP contribution in [0.5, 0.6) is 0 Å². The molecule has 0 saturated carbocycles. The van der Waals surface area contributed by atoms with Crippen molar-refractivity contribution in [2.24, 2.45) is 0 Å². The second-order valence-corrected chi connectivity index (χ2v) is 20.4. The van der Waals surface area contributed by atoms with Crippen molar-refractivity contribution in [3.05, 3.63) is 114 Å². The molecule has 0 bridgehead atoms. The van der Waals surface area contributed by atoms with Gasteiger partial charge in [0.15, 0.2) is 0 Å². The largest absolute Gasteiger partial charge is 0.442 e. The van der Waals surface area contributed by atoms with Crippen molar-refractivity contribution >= 4 is 61.6 Å². The molecule has 0 aromatic heterocycles. The Hall–Kier alpha value is -4.73. The van der Waals surface area contributed by atoms with Crippen LogP contribution in [-0.4, -0.2) is 69.2 Å². The summed E-state index contributed by atoms with van der Waals surface area (Å²) in [4.78, 5) is -2.72. The zero-order valence-corrected chi connectivity index (χ0v) is 33.3. The molecule has 0 saturated heterocycles. The number of nitrogens with one attached hydrogen (secondary N) is 4. The topological polar surface area (TPSA) is 239 Å². The van der Waals surface area contributed by atoms with Crippen LogP contribution in [0.1, 0.15) is 5.56 Å². The molecule has 4 aromatic carbocycles. The molecule has 0 unspecified atom stereocenters. The van der Waals surface area contributed by atoms with Gasteiger partial charge in [-0.05, 0) is 67.1 Å². The van der Waals surface area contributed by atoms with Gasteiger partial charge in [0.1, 0.15) is 23.3 Å². The minimum atomic E-state index is -6.74. The van der Waals surface area contributed by atoms with Gasteiger partial charge in [0, 0.05) is 23.5 Å². The summed E-state index contributed by atoms with van der Waals surface area (Å²) in [5.74, 6) is -5.75. The third-order valence-electron chi connectivity index (χ3n) is 6.99. The fourth-order valence-electron chi connectivity index (χ4n) is 4.23. The highest BCUT2D eigenvalue weighted by atomic mass is 32.3. The van der Waals surface area contributed by atoms with Crippen LogP contribution in [0.2, 0.25) is 0 Å². The lowest BCUT2D eigenvalue weighted by Crippen LogP contribution is -2.56. The average molecular weight is 991 g/mol. The zero-order chi connectivity index (χ0) is 47.0. The maximum atomic E-state index is 14.1. The van der Waals surface area contributed by atoms with Crippen molar-refractivity contribution in [3.63, 3.8) is 0 Å². The monoisotopic (exact) mass is 990 g/mol.